The summed E-state index contributed by atoms with van der Waals surface area (Å²) < 4.78 is 16.4. The molecule has 0 unspecified atom stereocenters. The van der Waals surface area contributed by atoms with E-state index in [2.05, 4.69) is 4.99 Å². The van der Waals surface area contributed by atoms with Crippen molar-refractivity contribution in [3.05, 3.63) is 67.9 Å². The first kappa shape index (κ1) is 22.3. The normalized spacial score (nSPS) is 14.6. The molecule has 2 aromatic rings. The van der Waals surface area contributed by atoms with E-state index in [1.165, 1.54) is 25.3 Å². The predicted molar refractivity (Wildman–Crippen MR) is 117 cm³/mol. The Morgan fingerprint density at radius 1 is 1.32 bits per heavy atom. The zero-order chi connectivity index (χ0) is 22.7. The lowest BCUT2D eigenvalue weighted by Crippen LogP contribution is -2.08. The van der Waals surface area contributed by atoms with Gasteiger partial charge in [0.2, 0.25) is 5.90 Å². The van der Waals surface area contributed by atoms with Crippen LogP contribution in [0.1, 0.15) is 30.5 Å². The van der Waals surface area contributed by atoms with Crippen LogP contribution >= 0.6 is 11.6 Å². The van der Waals surface area contributed by atoms with Crippen LogP contribution in [-0.2, 0) is 9.53 Å². The Hall–Kier alpha value is -3.39. The molecule has 0 radical (unpaired) electrons. The molecule has 0 amide bonds. The number of methoxy groups -OCH3 is 1. The number of cyclic esters (lactones) is 1. The molecule has 0 bridgehead atoms. The molecule has 162 valence electrons. The number of nitrogens with zero attached hydrogens (tertiary/aromatic N) is 2. The van der Waals surface area contributed by atoms with Crippen LogP contribution < -0.4 is 9.47 Å². The SMILES string of the molecule is COc1cc(/C=C2\N=C(c3cccc([N+](=O)[O-])c3C)OC2=O)cc(Cl)c1OCC(C)C. The van der Waals surface area contributed by atoms with E-state index in [1.807, 2.05) is 13.8 Å². The third-order valence-corrected chi connectivity index (χ3v) is 4.75. The summed E-state index contributed by atoms with van der Waals surface area (Å²) in [5, 5.41) is 11.5. The lowest BCUT2D eigenvalue weighted by Gasteiger charge is -2.14. The first-order valence-electron chi connectivity index (χ1n) is 9.48. The Morgan fingerprint density at radius 2 is 2.06 bits per heavy atom. The summed E-state index contributed by atoms with van der Waals surface area (Å²) in [6.45, 7) is 6.08. The minimum absolute atomic E-state index is 0.00685. The second kappa shape index (κ2) is 9.18. The molecule has 31 heavy (non-hydrogen) atoms. The van der Waals surface area contributed by atoms with E-state index in [9.17, 15) is 14.9 Å². The van der Waals surface area contributed by atoms with Gasteiger partial charge in [0, 0.05) is 17.2 Å². The van der Waals surface area contributed by atoms with Crippen molar-refractivity contribution in [3.63, 3.8) is 0 Å². The van der Waals surface area contributed by atoms with Crippen LogP contribution in [-0.4, -0.2) is 30.5 Å². The van der Waals surface area contributed by atoms with Gasteiger partial charge in [-0.2, -0.15) is 0 Å². The van der Waals surface area contributed by atoms with Crippen LogP contribution in [0.3, 0.4) is 0 Å². The third-order valence-electron chi connectivity index (χ3n) is 4.47. The van der Waals surface area contributed by atoms with Gasteiger partial charge in [-0.3, -0.25) is 10.1 Å². The van der Waals surface area contributed by atoms with Gasteiger partial charge >= 0.3 is 5.97 Å². The van der Waals surface area contributed by atoms with Gasteiger partial charge < -0.3 is 14.2 Å². The van der Waals surface area contributed by atoms with E-state index >= 15 is 0 Å². The summed E-state index contributed by atoms with van der Waals surface area (Å²) >= 11 is 6.36. The molecule has 1 aliphatic heterocycles. The van der Waals surface area contributed by atoms with Crippen molar-refractivity contribution in [2.24, 2.45) is 10.9 Å². The number of rotatable bonds is 7. The van der Waals surface area contributed by atoms with Gasteiger partial charge in [0.25, 0.3) is 5.69 Å². The maximum atomic E-state index is 12.3. The lowest BCUT2D eigenvalue weighted by atomic mass is 10.1. The number of aliphatic imine (C=N–C) groups is 1. The fourth-order valence-electron chi connectivity index (χ4n) is 2.95. The Labute approximate surface area is 184 Å². The zero-order valence-corrected chi connectivity index (χ0v) is 18.2. The van der Waals surface area contributed by atoms with Crippen LogP contribution in [0.4, 0.5) is 5.69 Å². The molecule has 8 nitrogen and oxygen atoms in total. The maximum Gasteiger partial charge on any atom is 0.363 e. The smallest absolute Gasteiger partial charge is 0.363 e. The fourth-order valence-corrected chi connectivity index (χ4v) is 3.22. The monoisotopic (exact) mass is 444 g/mol. The standard InChI is InChI=1S/C22H21ClN2O6/c1-12(2)11-30-20-16(23)8-14(10-19(20)29-4)9-17-22(26)31-21(24-17)15-6-5-7-18(13(15)3)25(27)28/h5-10,12H,11H2,1-4H3/b17-9-. The Kier molecular flexibility index (Phi) is 6.60. The largest absolute Gasteiger partial charge is 0.493 e. The van der Waals surface area contributed by atoms with Crippen molar-refractivity contribution >= 4 is 35.2 Å². The molecule has 0 atom stereocenters. The summed E-state index contributed by atoms with van der Waals surface area (Å²) in [7, 11) is 1.50. The number of carbonyl (C=O) groups excluding carboxylic acids is 1. The molecule has 0 saturated carbocycles. The third kappa shape index (κ3) is 4.86. The van der Waals surface area contributed by atoms with Crippen LogP contribution in [0.5, 0.6) is 11.5 Å². The average molecular weight is 445 g/mol. The van der Waals surface area contributed by atoms with E-state index < -0.39 is 10.9 Å². The topological polar surface area (TPSA) is 100 Å². The number of ether oxygens (including phenoxy) is 3. The van der Waals surface area contributed by atoms with Crippen LogP contribution in [0.2, 0.25) is 5.02 Å². The molecule has 0 aliphatic carbocycles. The zero-order valence-electron chi connectivity index (χ0n) is 17.5. The van der Waals surface area contributed by atoms with Gasteiger partial charge in [0.05, 0.1) is 23.7 Å². The summed E-state index contributed by atoms with van der Waals surface area (Å²) in [5.41, 5.74) is 1.25. The Balaban J connectivity index is 1.96. The van der Waals surface area contributed by atoms with Crippen LogP contribution in [0.15, 0.2) is 41.0 Å². The van der Waals surface area contributed by atoms with E-state index in [0.717, 1.165) is 0 Å². The van der Waals surface area contributed by atoms with Crippen molar-refractivity contribution < 1.29 is 23.9 Å². The van der Waals surface area contributed by atoms with Gasteiger partial charge in [-0.25, -0.2) is 9.79 Å². The van der Waals surface area contributed by atoms with E-state index in [0.29, 0.717) is 45.7 Å². The number of esters is 1. The quantitative estimate of drug-likeness (QED) is 0.259. The molecule has 0 saturated heterocycles. The second-order valence-corrected chi connectivity index (χ2v) is 7.69. The maximum absolute atomic E-state index is 12.3. The van der Waals surface area contributed by atoms with Gasteiger partial charge in [-0.15, -0.1) is 0 Å². The highest BCUT2D eigenvalue weighted by molar-refractivity contribution is 6.32. The highest BCUT2D eigenvalue weighted by Crippen LogP contribution is 2.37. The van der Waals surface area contributed by atoms with Crippen molar-refractivity contribution in [1.29, 1.82) is 0 Å². The van der Waals surface area contributed by atoms with Gasteiger partial charge in [-0.05, 0) is 42.7 Å². The Morgan fingerprint density at radius 3 is 2.71 bits per heavy atom. The summed E-state index contributed by atoms with van der Waals surface area (Å²) in [6, 6.07) is 7.81. The number of nitro benzene ring substituents is 1. The summed E-state index contributed by atoms with van der Waals surface area (Å²) in [5.74, 6) is 0.486. The van der Waals surface area contributed by atoms with Crippen LogP contribution in [0, 0.1) is 23.0 Å². The molecule has 1 heterocycles. The molecule has 9 heteroatoms. The first-order chi connectivity index (χ1) is 14.7. The molecule has 2 aromatic carbocycles. The van der Waals surface area contributed by atoms with Crippen molar-refractivity contribution in [1.82, 2.24) is 0 Å². The first-order valence-corrected chi connectivity index (χ1v) is 9.86. The number of hydrogen-bond donors (Lipinski definition) is 0. The molecule has 0 spiro atoms. The number of hydrogen-bond acceptors (Lipinski definition) is 7. The van der Waals surface area contributed by atoms with Crippen LogP contribution in [0.25, 0.3) is 6.08 Å². The minimum atomic E-state index is -0.670. The molecule has 0 N–H and O–H groups in total. The number of nitro groups is 1. The fraction of sp³-hybridized carbons (Fsp3) is 0.273. The molecular formula is C22H21ClN2O6. The minimum Gasteiger partial charge on any atom is -0.493 e. The van der Waals surface area contributed by atoms with E-state index in [-0.39, 0.29) is 17.3 Å². The van der Waals surface area contributed by atoms with Gasteiger partial charge in [0.1, 0.15) is 0 Å². The molecule has 0 fully saturated rings. The predicted octanol–water partition coefficient (Wildman–Crippen LogP) is 4.94. The lowest BCUT2D eigenvalue weighted by molar-refractivity contribution is -0.385. The number of halogens is 1. The van der Waals surface area contributed by atoms with Gasteiger partial charge in [-0.1, -0.05) is 31.5 Å². The van der Waals surface area contributed by atoms with Crippen molar-refractivity contribution in [3.8, 4) is 11.5 Å². The number of benzene rings is 2. The van der Waals surface area contributed by atoms with Crippen molar-refractivity contribution in [2.75, 3.05) is 13.7 Å². The summed E-state index contributed by atoms with van der Waals surface area (Å²) in [4.78, 5) is 27.3. The molecule has 0 aromatic heterocycles. The van der Waals surface area contributed by atoms with E-state index in [4.69, 9.17) is 25.8 Å². The number of carbonyl (C=O) groups is 1. The highest BCUT2D eigenvalue weighted by Gasteiger charge is 2.27. The average Bonchev–Trinajstić information content (AvgIpc) is 3.06. The summed E-state index contributed by atoms with van der Waals surface area (Å²) in [6.07, 6.45) is 1.50. The molecular weight excluding hydrogens is 424 g/mol. The van der Waals surface area contributed by atoms with E-state index in [1.54, 1.807) is 25.1 Å². The van der Waals surface area contributed by atoms with Crippen molar-refractivity contribution in [2.45, 2.75) is 20.8 Å². The molecule has 3 rings (SSSR count). The second-order valence-electron chi connectivity index (χ2n) is 7.28. The molecule has 1 aliphatic rings. The van der Waals surface area contributed by atoms with Gasteiger partial charge in [0.15, 0.2) is 17.2 Å². The highest BCUT2D eigenvalue weighted by atomic mass is 35.5. The Bertz CT molecular complexity index is 1110.